The lowest BCUT2D eigenvalue weighted by molar-refractivity contribution is -0.149. The third kappa shape index (κ3) is 13.8. The number of ether oxygens (including phenoxy) is 1. The zero-order valence-electron chi connectivity index (χ0n) is 16.5. The van der Waals surface area contributed by atoms with Crippen LogP contribution in [0.15, 0.2) is 12.2 Å². The van der Waals surface area contributed by atoms with Crippen molar-refractivity contribution in [3.8, 4) is 0 Å². The molecule has 2 atom stereocenters. The van der Waals surface area contributed by atoms with Gasteiger partial charge in [-0.3, -0.25) is 9.59 Å². The largest absolute Gasteiger partial charge is 0.468 e. The fraction of sp³-hybridized carbons (Fsp3) is 0.810. The lowest BCUT2D eigenvalue weighted by atomic mass is 9.97. The second-order valence-corrected chi connectivity index (χ2v) is 6.89. The predicted molar refractivity (Wildman–Crippen MR) is 102 cm³/mol. The van der Waals surface area contributed by atoms with E-state index in [0.29, 0.717) is 6.42 Å². The molecule has 4 heteroatoms. The third-order valence-corrected chi connectivity index (χ3v) is 4.56. The van der Waals surface area contributed by atoms with Gasteiger partial charge in [0, 0.05) is 0 Å². The number of carbonyl (C=O) groups excluding carboxylic acids is 2. The molecule has 0 spiro atoms. The first-order chi connectivity index (χ1) is 12.0. The number of rotatable bonds is 16. The summed E-state index contributed by atoms with van der Waals surface area (Å²) in [4.78, 5) is 22.9. The molecule has 0 aromatic carbocycles. The van der Waals surface area contributed by atoms with Crippen molar-refractivity contribution in [2.45, 2.75) is 97.0 Å². The Kier molecular flexibility index (Phi) is 15.6. The van der Waals surface area contributed by atoms with E-state index < -0.39 is 11.9 Å². The zero-order chi connectivity index (χ0) is 18.9. The van der Waals surface area contributed by atoms with E-state index in [-0.39, 0.29) is 11.9 Å². The Bertz CT molecular complexity index is 376. The number of aliphatic hydroxyl groups excluding tert-OH is 1. The lowest BCUT2D eigenvalue weighted by Crippen LogP contribution is -2.23. The van der Waals surface area contributed by atoms with Crippen LogP contribution >= 0.6 is 0 Å². The fourth-order valence-corrected chi connectivity index (χ4v) is 2.89. The molecule has 0 heterocycles. The summed E-state index contributed by atoms with van der Waals surface area (Å²) in [6, 6.07) is 0. The Hall–Kier alpha value is -1.16. The highest BCUT2D eigenvalue weighted by atomic mass is 16.5. The summed E-state index contributed by atoms with van der Waals surface area (Å²) in [6.45, 7) is 3.64. The second-order valence-electron chi connectivity index (χ2n) is 6.89. The van der Waals surface area contributed by atoms with E-state index >= 15 is 0 Å². The number of hydrogen-bond donors (Lipinski definition) is 1. The normalized spacial score (nSPS) is 13.8. The van der Waals surface area contributed by atoms with Gasteiger partial charge in [-0.1, -0.05) is 64.0 Å². The molecule has 146 valence electrons. The van der Waals surface area contributed by atoms with E-state index in [1.165, 1.54) is 33.3 Å². The van der Waals surface area contributed by atoms with Crippen LogP contribution < -0.4 is 0 Å². The molecule has 0 aliphatic rings. The summed E-state index contributed by atoms with van der Waals surface area (Å²) in [5.41, 5.74) is 0. The van der Waals surface area contributed by atoms with Gasteiger partial charge in [-0.2, -0.15) is 0 Å². The molecule has 0 fully saturated rings. The molecule has 0 rings (SSSR count). The first-order valence-corrected chi connectivity index (χ1v) is 9.94. The van der Waals surface area contributed by atoms with E-state index in [0.717, 1.165) is 51.4 Å². The molecular weight excluding hydrogens is 316 g/mol. The molecular formula is C21H38O4. The standard InChI is InChI=1S/C21H38O4/c1-4-5-6-12-15-19(23)16-13-10-8-7-9-11-14-17-20(18(2)22)21(24)25-3/h10,13,19-20,23H,4-9,11-12,14-17H2,1-3H3/b13-10-/t19-,20?/m1/s1. The van der Waals surface area contributed by atoms with E-state index in [4.69, 9.17) is 0 Å². The van der Waals surface area contributed by atoms with E-state index in [2.05, 4.69) is 23.8 Å². The molecule has 1 unspecified atom stereocenters. The lowest BCUT2D eigenvalue weighted by Gasteiger charge is -2.10. The Morgan fingerprint density at radius 2 is 1.60 bits per heavy atom. The average Bonchev–Trinajstić information content (AvgIpc) is 2.59. The summed E-state index contributed by atoms with van der Waals surface area (Å²) < 4.78 is 4.66. The molecule has 0 amide bonds. The van der Waals surface area contributed by atoms with E-state index in [9.17, 15) is 14.7 Å². The highest BCUT2D eigenvalue weighted by Crippen LogP contribution is 2.14. The van der Waals surface area contributed by atoms with Crippen LogP contribution in [0.1, 0.15) is 90.9 Å². The number of hydrogen-bond acceptors (Lipinski definition) is 4. The zero-order valence-corrected chi connectivity index (χ0v) is 16.5. The van der Waals surface area contributed by atoms with Gasteiger partial charge < -0.3 is 9.84 Å². The number of Topliss-reactive ketones (excluding diaryl/α,β-unsaturated/α-hetero) is 1. The fourth-order valence-electron chi connectivity index (χ4n) is 2.89. The molecule has 0 radical (unpaired) electrons. The minimum atomic E-state index is -0.594. The number of aliphatic hydroxyl groups is 1. The average molecular weight is 355 g/mol. The van der Waals surface area contributed by atoms with Crippen molar-refractivity contribution in [2.24, 2.45) is 5.92 Å². The Morgan fingerprint density at radius 1 is 0.960 bits per heavy atom. The molecule has 25 heavy (non-hydrogen) atoms. The van der Waals surface area contributed by atoms with E-state index in [1.54, 1.807) is 0 Å². The summed E-state index contributed by atoms with van der Waals surface area (Å²) >= 11 is 0. The van der Waals surface area contributed by atoms with Crippen molar-refractivity contribution in [2.75, 3.05) is 7.11 Å². The van der Waals surface area contributed by atoms with Crippen molar-refractivity contribution in [3.05, 3.63) is 12.2 Å². The molecule has 0 aliphatic carbocycles. The van der Waals surface area contributed by atoms with Crippen LogP contribution in [-0.4, -0.2) is 30.1 Å². The molecule has 1 N–H and O–H groups in total. The van der Waals surface area contributed by atoms with Gasteiger partial charge in [-0.25, -0.2) is 0 Å². The molecule has 4 nitrogen and oxygen atoms in total. The van der Waals surface area contributed by atoms with Crippen molar-refractivity contribution in [1.82, 2.24) is 0 Å². The van der Waals surface area contributed by atoms with Crippen LogP contribution in [0.2, 0.25) is 0 Å². The van der Waals surface area contributed by atoms with Gasteiger partial charge in [-0.05, 0) is 39.0 Å². The molecule has 0 saturated carbocycles. The smallest absolute Gasteiger partial charge is 0.316 e. The Balaban J connectivity index is 3.59. The van der Waals surface area contributed by atoms with Gasteiger partial charge in [0.1, 0.15) is 11.7 Å². The molecule has 0 saturated heterocycles. The van der Waals surface area contributed by atoms with Crippen LogP contribution in [0, 0.1) is 5.92 Å². The summed E-state index contributed by atoms with van der Waals surface area (Å²) in [6.07, 6.45) is 16.2. The monoisotopic (exact) mass is 354 g/mol. The van der Waals surface area contributed by atoms with E-state index in [1.807, 2.05) is 0 Å². The van der Waals surface area contributed by atoms with Crippen LogP contribution in [-0.2, 0) is 14.3 Å². The highest BCUT2D eigenvalue weighted by molar-refractivity contribution is 5.97. The van der Waals surface area contributed by atoms with Gasteiger partial charge in [0.25, 0.3) is 0 Å². The van der Waals surface area contributed by atoms with Gasteiger partial charge in [0.2, 0.25) is 0 Å². The van der Waals surface area contributed by atoms with Crippen LogP contribution in [0.3, 0.4) is 0 Å². The summed E-state index contributed by atoms with van der Waals surface area (Å²) in [5, 5.41) is 9.87. The van der Waals surface area contributed by atoms with Gasteiger partial charge >= 0.3 is 5.97 Å². The number of unbranched alkanes of at least 4 members (excludes halogenated alkanes) is 7. The highest BCUT2D eigenvalue weighted by Gasteiger charge is 2.23. The second kappa shape index (κ2) is 16.3. The summed E-state index contributed by atoms with van der Waals surface area (Å²) in [5.74, 6) is -1.12. The van der Waals surface area contributed by atoms with Gasteiger partial charge in [0.15, 0.2) is 0 Å². The number of allylic oxidation sites excluding steroid dienone is 1. The number of carbonyl (C=O) groups is 2. The van der Waals surface area contributed by atoms with Gasteiger partial charge in [-0.15, -0.1) is 0 Å². The van der Waals surface area contributed by atoms with Crippen molar-refractivity contribution >= 4 is 11.8 Å². The molecule has 0 aliphatic heterocycles. The first-order valence-electron chi connectivity index (χ1n) is 9.94. The van der Waals surface area contributed by atoms with Crippen LogP contribution in [0.25, 0.3) is 0 Å². The first kappa shape index (κ1) is 23.8. The van der Waals surface area contributed by atoms with Crippen LogP contribution in [0.5, 0.6) is 0 Å². The Morgan fingerprint density at radius 3 is 2.24 bits per heavy atom. The quantitative estimate of drug-likeness (QED) is 0.184. The molecule has 0 aromatic heterocycles. The van der Waals surface area contributed by atoms with Crippen molar-refractivity contribution in [1.29, 1.82) is 0 Å². The van der Waals surface area contributed by atoms with Crippen molar-refractivity contribution < 1.29 is 19.4 Å². The topological polar surface area (TPSA) is 63.6 Å². The molecule has 0 aromatic rings. The maximum Gasteiger partial charge on any atom is 0.316 e. The Labute approximate surface area is 154 Å². The maximum absolute atomic E-state index is 11.5. The minimum Gasteiger partial charge on any atom is -0.468 e. The number of esters is 1. The summed E-state index contributed by atoms with van der Waals surface area (Å²) in [7, 11) is 1.33. The van der Waals surface area contributed by atoms with Crippen molar-refractivity contribution in [3.63, 3.8) is 0 Å². The number of methoxy groups -OCH3 is 1. The SMILES string of the molecule is CCCCCC[C@@H](O)C/C=C\CCCCCCC(C(C)=O)C(=O)OC. The molecule has 0 bridgehead atoms. The predicted octanol–water partition coefficient (Wildman–Crippen LogP) is 4.98. The van der Waals surface area contributed by atoms with Crippen LogP contribution in [0.4, 0.5) is 0 Å². The third-order valence-electron chi connectivity index (χ3n) is 4.56. The maximum atomic E-state index is 11.5. The number of ketones is 1. The van der Waals surface area contributed by atoms with Gasteiger partial charge in [0.05, 0.1) is 13.2 Å². The minimum absolute atomic E-state index is 0.108.